The lowest BCUT2D eigenvalue weighted by Gasteiger charge is -2.12. The predicted molar refractivity (Wildman–Crippen MR) is 102 cm³/mol. The second kappa shape index (κ2) is 12.1. The number of benzene rings is 1. The molecule has 0 saturated carbocycles. The molecule has 0 atom stereocenters. The van der Waals surface area contributed by atoms with Crippen molar-refractivity contribution in [1.82, 2.24) is 10.6 Å². The van der Waals surface area contributed by atoms with Gasteiger partial charge >= 0.3 is 0 Å². The molecule has 0 spiro atoms. The second-order valence-corrected chi connectivity index (χ2v) is 6.75. The first-order valence-electron chi connectivity index (χ1n) is 7.40. The van der Waals surface area contributed by atoms with Crippen molar-refractivity contribution in [3.8, 4) is 0 Å². The zero-order valence-corrected chi connectivity index (χ0v) is 15.2. The molecule has 0 fully saturated rings. The van der Waals surface area contributed by atoms with E-state index in [2.05, 4.69) is 28.1 Å². The predicted octanol–water partition coefficient (Wildman–Crippen LogP) is 2.75. The molecule has 0 unspecified atom stereocenters. The van der Waals surface area contributed by atoms with Gasteiger partial charge < -0.3 is 10.6 Å². The Labute approximate surface area is 146 Å². The van der Waals surface area contributed by atoms with E-state index in [1.807, 2.05) is 11.8 Å². The number of rotatable bonds is 10. The molecule has 23 heavy (non-hydrogen) atoms. The minimum Gasteiger partial charge on any atom is -0.356 e. The fraction of sp³-hybridized carbons (Fsp3) is 0.533. The summed E-state index contributed by atoms with van der Waals surface area (Å²) in [5.74, 6) is 2.93. The smallest absolute Gasteiger partial charge is 0.269 e. The molecule has 8 heteroatoms. The van der Waals surface area contributed by atoms with E-state index in [4.69, 9.17) is 0 Å². The molecule has 0 radical (unpaired) electrons. The van der Waals surface area contributed by atoms with Crippen molar-refractivity contribution in [1.29, 1.82) is 0 Å². The number of nitrogens with one attached hydrogen (secondary N) is 2. The molecular formula is C15H24N4O2S2. The second-order valence-electron chi connectivity index (χ2n) is 4.78. The lowest BCUT2D eigenvalue weighted by Crippen LogP contribution is -2.39. The van der Waals surface area contributed by atoms with Crippen molar-refractivity contribution in [2.24, 2.45) is 4.99 Å². The van der Waals surface area contributed by atoms with E-state index in [1.54, 1.807) is 23.9 Å². The van der Waals surface area contributed by atoms with Gasteiger partial charge in [-0.25, -0.2) is 4.99 Å². The Bertz CT molecular complexity index is 495. The molecule has 1 aromatic rings. The maximum atomic E-state index is 10.7. The third-order valence-electron chi connectivity index (χ3n) is 2.98. The van der Waals surface area contributed by atoms with E-state index < -0.39 is 4.92 Å². The number of aliphatic imine (C=N–C) groups is 1. The topological polar surface area (TPSA) is 79.6 Å². The zero-order valence-electron chi connectivity index (χ0n) is 13.6. The van der Waals surface area contributed by atoms with Gasteiger partial charge in [0.05, 0.1) is 11.5 Å². The third-order valence-corrected chi connectivity index (χ3v) is 4.29. The van der Waals surface area contributed by atoms with Crippen molar-refractivity contribution >= 4 is 35.2 Å². The van der Waals surface area contributed by atoms with E-state index in [1.165, 1.54) is 12.1 Å². The van der Waals surface area contributed by atoms with E-state index in [-0.39, 0.29) is 5.69 Å². The summed E-state index contributed by atoms with van der Waals surface area (Å²) in [6, 6.07) is 6.51. The van der Waals surface area contributed by atoms with Gasteiger partial charge in [0, 0.05) is 31.0 Å². The minimum absolute atomic E-state index is 0.103. The fourth-order valence-corrected chi connectivity index (χ4v) is 2.50. The highest BCUT2D eigenvalue weighted by molar-refractivity contribution is 7.98. The Morgan fingerprint density at radius 2 is 1.78 bits per heavy atom. The van der Waals surface area contributed by atoms with Crippen LogP contribution in [-0.4, -0.2) is 48.0 Å². The van der Waals surface area contributed by atoms with Crippen LogP contribution in [0.2, 0.25) is 0 Å². The summed E-state index contributed by atoms with van der Waals surface area (Å²) < 4.78 is 0. The molecular weight excluding hydrogens is 332 g/mol. The zero-order chi connectivity index (χ0) is 16.9. The number of nitro groups is 1. The molecule has 0 bridgehead atoms. The summed E-state index contributed by atoms with van der Waals surface area (Å²) in [7, 11) is 0. The summed E-state index contributed by atoms with van der Waals surface area (Å²) in [5.41, 5.74) is 1.05. The van der Waals surface area contributed by atoms with Crippen molar-refractivity contribution in [2.45, 2.75) is 13.0 Å². The molecule has 6 nitrogen and oxygen atoms in total. The third kappa shape index (κ3) is 8.71. The average Bonchev–Trinajstić information content (AvgIpc) is 2.56. The van der Waals surface area contributed by atoms with E-state index in [0.29, 0.717) is 6.54 Å². The Hall–Kier alpha value is -1.41. The molecule has 0 aliphatic carbocycles. The van der Waals surface area contributed by atoms with Crippen LogP contribution in [0, 0.1) is 10.1 Å². The van der Waals surface area contributed by atoms with Crippen molar-refractivity contribution < 1.29 is 4.92 Å². The lowest BCUT2D eigenvalue weighted by atomic mass is 10.2. The van der Waals surface area contributed by atoms with Crippen LogP contribution in [0.4, 0.5) is 5.69 Å². The van der Waals surface area contributed by atoms with Gasteiger partial charge in [-0.2, -0.15) is 23.5 Å². The molecule has 0 saturated heterocycles. The Morgan fingerprint density at radius 1 is 1.13 bits per heavy atom. The SMILES string of the molecule is CSCCCNC(=NCc1ccc([N+](=O)[O-])cc1)NCCSC. The number of non-ortho nitro benzene ring substituents is 1. The number of nitrogens with zero attached hydrogens (tertiary/aromatic N) is 2. The highest BCUT2D eigenvalue weighted by atomic mass is 32.2. The van der Waals surface area contributed by atoms with Crippen LogP contribution < -0.4 is 10.6 Å². The first kappa shape index (κ1) is 19.6. The van der Waals surface area contributed by atoms with Gasteiger partial charge in [-0.05, 0) is 30.2 Å². The van der Waals surface area contributed by atoms with Crippen molar-refractivity contribution in [2.75, 3.05) is 37.1 Å². The van der Waals surface area contributed by atoms with Crippen LogP contribution in [0.5, 0.6) is 0 Å². The molecule has 2 N–H and O–H groups in total. The summed E-state index contributed by atoms with van der Waals surface area (Å²) >= 11 is 3.61. The summed E-state index contributed by atoms with van der Waals surface area (Å²) in [4.78, 5) is 14.8. The molecule has 0 aliphatic rings. The van der Waals surface area contributed by atoms with Gasteiger partial charge in [0.2, 0.25) is 0 Å². The van der Waals surface area contributed by atoms with Crippen LogP contribution in [0.3, 0.4) is 0 Å². The summed E-state index contributed by atoms with van der Waals surface area (Å²) in [5, 5.41) is 17.3. The average molecular weight is 357 g/mol. The molecule has 0 aromatic heterocycles. The van der Waals surface area contributed by atoms with Crippen LogP contribution in [0.1, 0.15) is 12.0 Å². The minimum atomic E-state index is -0.393. The number of thioether (sulfide) groups is 2. The van der Waals surface area contributed by atoms with Crippen molar-refractivity contribution in [3.63, 3.8) is 0 Å². The fourth-order valence-electron chi connectivity index (χ4n) is 1.76. The quantitative estimate of drug-likeness (QED) is 0.221. The molecule has 1 rings (SSSR count). The van der Waals surface area contributed by atoms with Crippen LogP contribution >= 0.6 is 23.5 Å². The summed E-state index contributed by atoms with van der Waals surface area (Å²) in [6.45, 7) is 2.23. The number of guanidine groups is 1. The molecule has 1 aromatic carbocycles. The Balaban J connectivity index is 2.56. The number of hydrogen-bond acceptors (Lipinski definition) is 5. The van der Waals surface area contributed by atoms with Gasteiger partial charge in [0.25, 0.3) is 5.69 Å². The van der Waals surface area contributed by atoms with Gasteiger partial charge in [0.1, 0.15) is 0 Å². The van der Waals surface area contributed by atoms with Gasteiger partial charge in [-0.1, -0.05) is 12.1 Å². The highest BCUT2D eigenvalue weighted by Crippen LogP contribution is 2.12. The Morgan fingerprint density at radius 3 is 2.39 bits per heavy atom. The molecule has 0 amide bonds. The highest BCUT2D eigenvalue weighted by Gasteiger charge is 2.04. The standard InChI is InChI=1S/C15H24N4O2S2/c1-22-10-3-8-16-15(17-9-11-23-2)18-12-13-4-6-14(7-5-13)19(20)21/h4-7H,3,8-12H2,1-2H3,(H2,16,17,18). The van der Waals surface area contributed by atoms with E-state index in [0.717, 1.165) is 42.5 Å². The lowest BCUT2D eigenvalue weighted by molar-refractivity contribution is -0.384. The monoisotopic (exact) mass is 356 g/mol. The van der Waals surface area contributed by atoms with E-state index >= 15 is 0 Å². The molecule has 0 aliphatic heterocycles. The largest absolute Gasteiger partial charge is 0.356 e. The molecule has 0 heterocycles. The van der Waals surface area contributed by atoms with Crippen LogP contribution in [0.25, 0.3) is 0 Å². The maximum Gasteiger partial charge on any atom is 0.269 e. The normalized spacial score (nSPS) is 11.3. The number of nitro benzene ring substituents is 1. The van der Waals surface area contributed by atoms with E-state index in [9.17, 15) is 10.1 Å². The van der Waals surface area contributed by atoms with Gasteiger partial charge in [0.15, 0.2) is 5.96 Å². The van der Waals surface area contributed by atoms with Crippen LogP contribution in [-0.2, 0) is 6.54 Å². The van der Waals surface area contributed by atoms with Crippen LogP contribution in [0.15, 0.2) is 29.3 Å². The Kier molecular flexibility index (Phi) is 10.3. The first-order valence-corrected chi connectivity index (χ1v) is 10.2. The van der Waals surface area contributed by atoms with Gasteiger partial charge in [-0.3, -0.25) is 10.1 Å². The number of hydrogen-bond donors (Lipinski definition) is 2. The molecule has 128 valence electrons. The maximum absolute atomic E-state index is 10.7. The first-order chi connectivity index (χ1) is 11.2. The summed E-state index contributed by atoms with van der Waals surface area (Å²) in [6.07, 6.45) is 5.25. The van der Waals surface area contributed by atoms with Crippen molar-refractivity contribution in [3.05, 3.63) is 39.9 Å². The van der Waals surface area contributed by atoms with Gasteiger partial charge in [-0.15, -0.1) is 0 Å².